The number of amides is 1. The molecule has 1 aliphatic rings. The molecule has 1 aromatic carbocycles. The molecule has 2 rings (SSSR count). The van der Waals surface area contributed by atoms with Gasteiger partial charge in [0, 0.05) is 26.1 Å². The van der Waals surface area contributed by atoms with E-state index in [9.17, 15) is 9.18 Å². The molecule has 1 fully saturated rings. The number of hydrogen-bond donors (Lipinski definition) is 1. The fraction of sp³-hybridized carbons (Fsp3) is 0.588. The van der Waals surface area contributed by atoms with Crippen molar-refractivity contribution in [3.63, 3.8) is 0 Å². The van der Waals surface area contributed by atoms with E-state index in [0.29, 0.717) is 19.5 Å². The third-order valence-electron chi connectivity index (χ3n) is 3.89. The van der Waals surface area contributed by atoms with Crippen LogP contribution in [0.2, 0.25) is 0 Å². The average Bonchev–Trinajstić information content (AvgIpc) is 2.44. The Labute approximate surface area is 138 Å². The Bertz CT molecular complexity index is 502. The van der Waals surface area contributed by atoms with Crippen molar-refractivity contribution in [3.8, 4) is 0 Å². The summed E-state index contributed by atoms with van der Waals surface area (Å²) >= 11 is 0. The van der Waals surface area contributed by atoms with Crippen molar-refractivity contribution in [3.05, 3.63) is 35.6 Å². The van der Waals surface area contributed by atoms with Crippen LogP contribution >= 0.6 is 12.4 Å². The molecule has 0 saturated carbocycles. The Morgan fingerprint density at radius 1 is 1.41 bits per heavy atom. The molecule has 1 aromatic rings. The number of benzene rings is 1. The van der Waals surface area contributed by atoms with Crippen molar-refractivity contribution < 1.29 is 9.18 Å². The zero-order valence-corrected chi connectivity index (χ0v) is 14.4. The highest BCUT2D eigenvalue weighted by atomic mass is 35.5. The first-order chi connectivity index (χ1) is 9.87. The quantitative estimate of drug-likeness (QED) is 0.920. The normalized spacial score (nSPS) is 18.7. The minimum Gasteiger partial charge on any atom is -0.333 e. The van der Waals surface area contributed by atoms with E-state index < -0.39 is 0 Å². The molecule has 1 saturated heterocycles. The molecule has 5 heteroatoms. The summed E-state index contributed by atoms with van der Waals surface area (Å²) in [6, 6.07) is 6.50. The van der Waals surface area contributed by atoms with E-state index in [1.165, 1.54) is 12.1 Å². The van der Waals surface area contributed by atoms with Gasteiger partial charge in [0.1, 0.15) is 5.82 Å². The van der Waals surface area contributed by atoms with Gasteiger partial charge >= 0.3 is 0 Å². The van der Waals surface area contributed by atoms with E-state index in [1.807, 2.05) is 11.0 Å². The number of halogens is 2. The van der Waals surface area contributed by atoms with E-state index in [-0.39, 0.29) is 35.6 Å². The van der Waals surface area contributed by atoms with E-state index >= 15 is 0 Å². The number of carbonyl (C=O) groups is 1. The number of carbonyl (C=O) groups excluding carboxylic acids is 1. The Balaban J connectivity index is 0.00000242. The standard InChI is InChI=1S/C17H25FN2O.ClH/c1-17(2,3)8-7-16(21)20-10-9-19-12-15(20)13-5-4-6-14(18)11-13;/h4-6,11,15,19H,7-10,12H2,1-3H3;1H. The fourth-order valence-electron chi connectivity index (χ4n) is 2.64. The first kappa shape index (κ1) is 18.9. The molecular weight excluding hydrogens is 303 g/mol. The summed E-state index contributed by atoms with van der Waals surface area (Å²) in [4.78, 5) is 14.4. The van der Waals surface area contributed by atoms with Crippen molar-refractivity contribution >= 4 is 18.3 Å². The highest BCUT2D eigenvalue weighted by Gasteiger charge is 2.28. The second-order valence-electron chi connectivity index (χ2n) is 6.92. The number of rotatable bonds is 3. The Kier molecular flexibility index (Phi) is 6.82. The zero-order chi connectivity index (χ0) is 15.5. The van der Waals surface area contributed by atoms with Gasteiger partial charge in [0.25, 0.3) is 0 Å². The molecular formula is C17H26ClFN2O. The highest BCUT2D eigenvalue weighted by Crippen LogP contribution is 2.26. The predicted octanol–water partition coefficient (Wildman–Crippen LogP) is 3.55. The SMILES string of the molecule is CC(C)(C)CCC(=O)N1CCNCC1c1cccc(F)c1.Cl. The van der Waals surface area contributed by atoms with Gasteiger partial charge in [-0.05, 0) is 29.5 Å². The van der Waals surface area contributed by atoms with Crippen molar-refractivity contribution in [2.45, 2.75) is 39.7 Å². The molecule has 0 spiro atoms. The van der Waals surface area contributed by atoms with Gasteiger partial charge in [-0.15, -0.1) is 12.4 Å². The molecule has 1 aliphatic heterocycles. The van der Waals surface area contributed by atoms with Gasteiger partial charge in [-0.25, -0.2) is 4.39 Å². The topological polar surface area (TPSA) is 32.3 Å². The predicted molar refractivity (Wildman–Crippen MR) is 89.7 cm³/mol. The van der Waals surface area contributed by atoms with Gasteiger partial charge in [0.2, 0.25) is 5.91 Å². The summed E-state index contributed by atoms with van der Waals surface area (Å²) in [5.74, 6) is -0.0825. The van der Waals surface area contributed by atoms with E-state index in [4.69, 9.17) is 0 Å². The van der Waals surface area contributed by atoms with Gasteiger partial charge in [0.05, 0.1) is 6.04 Å². The van der Waals surface area contributed by atoms with Crippen LogP contribution in [0.5, 0.6) is 0 Å². The van der Waals surface area contributed by atoms with Crippen molar-refractivity contribution in [1.29, 1.82) is 0 Å². The van der Waals surface area contributed by atoms with Crippen LogP contribution in [0.15, 0.2) is 24.3 Å². The summed E-state index contributed by atoms with van der Waals surface area (Å²) in [6.45, 7) is 8.59. The van der Waals surface area contributed by atoms with Crippen LogP contribution in [0.1, 0.15) is 45.2 Å². The maximum Gasteiger partial charge on any atom is 0.223 e. The first-order valence-electron chi connectivity index (χ1n) is 7.62. The summed E-state index contributed by atoms with van der Waals surface area (Å²) in [5.41, 5.74) is 1.02. The fourth-order valence-corrected chi connectivity index (χ4v) is 2.64. The molecule has 0 aromatic heterocycles. The van der Waals surface area contributed by atoms with Crippen LogP contribution in [-0.4, -0.2) is 30.4 Å². The Hall–Kier alpha value is -1.13. The lowest BCUT2D eigenvalue weighted by Gasteiger charge is -2.37. The molecule has 1 atom stereocenters. The van der Waals surface area contributed by atoms with E-state index in [2.05, 4.69) is 26.1 Å². The van der Waals surface area contributed by atoms with Gasteiger partial charge in [-0.1, -0.05) is 32.9 Å². The molecule has 124 valence electrons. The van der Waals surface area contributed by atoms with Crippen LogP contribution in [-0.2, 0) is 4.79 Å². The lowest BCUT2D eigenvalue weighted by atomic mass is 9.90. The molecule has 1 N–H and O–H groups in total. The zero-order valence-electron chi connectivity index (χ0n) is 13.6. The van der Waals surface area contributed by atoms with Crippen LogP contribution in [0.25, 0.3) is 0 Å². The molecule has 1 heterocycles. The number of nitrogens with zero attached hydrogens (tertiary/aromatic N) is 1. The second-order valence-corrected chi connectivity index (χ2v) is 6.92. The van der Waals surface area contributed by atoms with Crippen molar-refractivity contribution in [2.24, 2.45) is 5.41 Å². The summed E-state index contributed by atoms with van der Waals surface area (Å²) in [7, 11) is 0. The third-order valence-corrected chi connectivity index (χ3v) is 3.89. The number of hydrogen-bond acceptors (Lipinski definition) is 2. The molecule has 22 heavy (non-hydrogen) atoms. The van der Waals surface area contributed by atoms with Crippen LogP contribution < -0.4 is 5.32 Å². The lowest BCUT2D eigenvalue weighted by Crippen LogP contribution is -2.48. The van der Waals surface area contributed by atoms with Gasteiger partial charge in [-0.2, -0.15) is 0 Å². The summed E-state index contributed by atoms with van der Waals surface area (Å²) in [6.07, 6.45) is 1.42. The number of piperazine rings is 1. The van der Waals surface area contributed by atoms with E-state index in [1.54, 1.807) is 6.07 Å². The van der Waals surface area contributed by atoms with Crippen molar-refractivity contribution in [2.75, 3.05) is 19.6 Å². The summed E-state index contributed by atoms with van der Waals surface area (Å²) < 4.78 is 13.4. The molecule has 0 radical (unpaired) electrons. The molecule has 0 bridgehead atoms. The van der Waals surface area contributed by atoms with Gasteiger partial charge < -0.3 is 10.2 Å². The van der Waals surface area contributed by atoms with Crippen LogP contribution in [0, 0.1) is 11.2 Å². The Morgan fingerprint density at radius 2 is 2.14 bits per heavy atom. The largest absolute Gasteiger partial charge is 0.333 e. The monoisotopic (exact) mass is 328 g/mol. The highest BCUT2D eigenvalue weighted by molar-refractivity contribution is 5.85. The lowest BCUT2D eigenvalue weighted by molar-refractivity contribution is -0.135. The van der Waals surface area contributed by atoms with Crippen LogP contribution in [0.4, 0.5) is 4.39 Å². The second kappa shape index (κ2) is 7.93. The summed E-state index contributed by atoms with van der Waals surface area (Å²) in [5, 5.41) is 3.29. The minimum absolute atomic E-state index is 0. The molecule has 3 nitrogen and oxygen atoms in total. The maximum absolute atomic E-state index is 13.4. The third kappa shape index (κ3) is 5.25. The average molecular weight is 329 g/mol. The van der Waals surface area contributed by atoms with Gasteiger partial charge in [0.15, 0.2) is 0 Å². The van der Waals surface area contributed by atoms with Crippen LogP contribution in [0.3, 0.4) is 0 Å². The first-order valence-corrected chi connectivity index (χ1v) is 7.62. The number of nitrogens with one attached hydrogen (secondary N) is 1. The molecule has 1 amide bonds. The maximum atomic E-state index is 13.4. The smallest absolute Gasteiger partial charge is 0.223 e. The van der Waals surface area contributed by atoms with Gasteiger partial charge in [-0.3, -0.25) is 4.79 Å². The molecule has 1 unspecified atom stereocenters. The Morgan fingerprint density at radius 3 is 2.77 bits per heavy atom. The minimum atomic E-state index is -0.250. The van der Waals surface area contributed by atoms with E-state index in [0.717, 1.165) is 18.5 Å². The van der Waals surface area contributed by atoms with Crippen molar-refractivity contribution in [1.82, 2.24) is 10.2 Å². The molecule has 0 aliphatic carbocycles.